The molecule has 2 aromatic rings. The molecule has 0 aliphatic carbocycles. The highest BCUT2D eigenvalue weighted by Crippen LogP contribution is 2.37. The Kier molecular flexibility index (Phi) is 6.22. The van der Waals surface area contributed by atoms with Gasteiger partial charge in [0, 0.05) is 18.9 Å². The fourth-order valence-corrected chi connectivity index (χ4v) is 2.29. The number of aryl methyl sites for hydroxylation is 1. The van der Waals surface area contributed by atoms with E-state index in [1.165, 1.54) is 4.90 Å². The molecule has 0 unspecified atom stereocenters. The van der Waals surface area contributed by atoms with Crippen molar-refractivity contribution in [3.63, 3.8) is 0 Å². The smallest absolute Gasteiger partial charge is 0.421 e. The van der Waals surface area contributed by atoms with Crippen LogP contribution in [0.15, 0.2) is 30.5 Å². The number of hydrogen-bond acceptors (Lipinski definition) is 4. The van der Waals surface area contributed by atoms with Crippen LogP contribution in [0.1, 0.15) is 37.3 Å². The molecule has 1 aromatic carbocycles. The summed E-state index contributed by atoms with van der Waals surface area (Å²) in [4.78, 5) is 9.11. The number of aromatic nitrogens is 2. The molecule has 0 amide bonds. The average molecular weight is 353 g/mol. The third-order valence-electron chi connectivity index (χ3n) is 3.77. The Hall–Kier alpha value is -2.31. The molecule has 0 bridgehead atoms. The fourth-order valence-electron chi connectivity index (χ4n) is 2.29. The van der Waals surface area contributed by atoms with Crippen LogP contribution >= 0.6 is 0 Å². The standard InChI is InChI=1S/C18H22F3N3O/c1-4-5-6-11-25-17-22-12-15(18(19,20)21)16(23-17)24(3)14-9-7-13(2)8-10-14/h7-10,12H,4-6,11H2,1-3H3. The predicted octanol–water partition coefficient (Wildman–Crippen LogP) is 5.14. The van der Waals surface area contributed by atoms with Gasteiger partial charge < -0.3 is 9.64 Å². The van der Waals surface area contributed by atoms with Crippen LogP contribution in [0.25, 0.3) is 0 Å². The Morgan fingerprint density at radius 1 is 1.12 bits per heavy atom. The lowest BCUT2D eigenvalue weighted by Crippen LogP contribution is -2.19. The Morgan fingerprint density at radius 3 is 2.40 bits per heavy atom. The minimum atomic E-state index is -4.55. The zero-order valence-electron chi connectivity index (χ0n) is 14.6. The van der Waals surface area contributed by atoms with Crippen LogP contribution in [0.2, 0.25) is 0 Å². The highest BCUT2D eigenvalue weighted by molar-refractivity contribution is 5.63. The van der Waals surface area contributed by atoms with Gasteiger partial charge >= 0.3 is 12.2 Å². The molecule has 1 heterocycles. The summed E-state index contributed by atoms with van der Waals surface area (Å²) in [5.74, 6) is -0.225. The van der Waals surface area contributed by atoms with E-state index in [2.05, 4.69) is 16.9 Å². The van der Waals surface area contributed by atoms with E-state index in [0.29, 0.717) is 12.3 Å². The summed E-state index contributed by atoms with van der Waals surface area (Å²) in [5.41, 5.74) is 0.735. The van der Waals surface area contributed by atoms with Crippen LogP contribution in [0.3, 0.4) is 0 Å². The van der Waals surface area contributed by atoms with Gasteiger partial charge in [-0.15, -0.1) is 0 Å². The minimum absolute atomic E-state index is 0.0435. The molecule has 0 spiro atoms. The molecule has 0 aliphatic rings. The molecule has 0 saturated heterocycles. The number of ether oxygens (including phenoxy) is 1. The predicted molar refractivity (Wildman–Crippen MR) is 91.3 cm³/mol. The zero-order chi connectivity index (χ0) is 18.4. The highest BCUT2D eigenvalue weighted by atomic mass is 19.4. The van der Waals surface area contributed by atoms with Crippen LogP contribution in [0.5, 0.6) is 6.01 Å². The number of benzene rings is 1. The molecule has 7 heteroatoms. The monoisotopic (exact) mass is 353 g/mol. The van der Waals surface area contributed by atoms with Gasteiger partial charge in [0.1, 0.15) is 5.56 Å². The van der Waals surface area contributed by atoms with Gasteiger partial charge in [-0.25, -0.2) is 4.98 Å². The van der Waals surface area contributed by atoms with E-state index >= 15 is 0 Å². The number of unbranched alkanes of at least 4 members (excludes halogenated alkanes) is 2. The van der Waals surface area contributed by atoms with Crippen molar-refractivity contribution in [3.8, 4) is 6.01 Å². The summed E-state index contributed by atoms with van der Waals surface area (Å²) in [6.07, 6.45) is -0.948. The number of anilines is 2. The first-order valence-electron chi connectivity index (χ1n) is 8.20. The van der Waals surface area contributed by atoms with E-state index in [1.54, 1.807) is 19.2 Å². The number of hydrogen-bond donors (Lipinski definition) is 0. The van der Waals surface area contributed by atoms with Crippen LogP contribution in [-0.4, -0.2) is 23.6 Å². The molecule has 0 fully saturated rings. The lowest BCUT2D eigenvalue weighted by atomic mass is 10.2. The maximum atomic E-state index is 13.3. The minimum Gasteiger partial charge on any atom is -0.463 e. The third-order valence-corrected chi connectivity index (χ3v) is 3.77. The first-order valence-corrected chi connectivity index (χ1v) is 8.20. The maximum Gasteiger partial charge on any atom is 0.421 e. The number of alkyl halides is 3. The molecule has 1 aromatic heterocycles. The second kappa shape index (κ2) is 8.18. The summed E-state index contributed by atoms with van der Waals surface area (Å²) in [7, 11) is 1.54. The van der Waals surface area contributed by atoms with E-state index in [-0.39, 0.29) is 11.8 Å². The lowest BCUT2D eigenvalue weighted by molar-refractivity contribution is -0.137. The van der Waals surface area contributed by atoms with Gasteiger partial charge in [-0.1, -0.05) is 37.5 Å². The molecule has 4 nitrogen and oxygen atoms in total. The van der Waals surface area contributed by atoms with Crippen LogP contribution in [0.4, 0.5) is 24.7 Å². The third kappa shape index (κ3) is 5.08. The van der Waals surface area contributed by atoms with E-state index in [1.807, 2.05) is 19.1 Å². The van der Waals surface area contributed by atoms with Gasteiger partial charge in [0.25, 0.3) is 0 Å². The topological polar surface area (TPSA) is 38.2 Å². The summed E-state index contributed by atoms with van der Waals surface area (Å²) in [6.45, 7) is 4.36. The maximum absolute atomic E-state index is 13.3. The summed E-state index contributed by atoms with van der Waals surface area (Å²) in [6, 6.07) is 7.13. The molecule has 136 valence electrons. The largest absolute Gasteiger partial charge is 0.463 e. The van der Waals surface area contributed by atoms with Gasteiger partial charge in [-0.05, 0) is 25.5 Å². The normalized spacial score (nSPS) is 11.4. The first kappa shape index (κ1) is 19.0. The Labute approximate surface area is 145 Å². The second-order valence-electron chi connectivity index (χ2n) is 5.84. The Morgan fingerprint density at radius 2 is 1.80 bits per heavy atom. The van der Waals surface area contributed by atoms with Crippen molar-refractivity contribution in [3.05, 3.63) is 41.6 Å². The molecule has 25 heavy (non-hydrogen) atoms. The van der Waals surface area contributed by atoms with Crippen molar-refractivity contribution in [2.75, 3.05) is 18.6 Å². The van der Waals surface area contributed by atoms with Crippen molar-refractivity contribution >= 4 is 11.5 Å². The highest BCUT2D eigenvalue weighted by Gasteiger charge is 2.36. The van der Waals surface area contributed by atoms with Crippen LogP contribution in [0, 0.1) is 6.92 Å². The van der Waals surface area contributed by atoms with E-state index in [9.17, 15) is 13.2 Å². The molecule has 0 saturated carbocycles. The van der Waals surface area contributed by atoms with Gasteiger partial charge in [0.15, 0.2) is 5.82 Å². The fraction of sp³-hybridized carbons (Fsp3) is 0.444. The van der Waals surface area contributed by atoms with Crippen molar-refractivity contribution < 1.29 is 17.9 Å². The quantitative estimate of drug-likeness (QED) is 0.646. The van der Waals surface area contributed by atoms with Gasteiger partial charge in [-0.2, -0.15) is 18.2 Å². The van der Waals surface area contributed by atoms with Crippen LogP contribution in [-0.2, 0) is 6.18 Å². The average Bonchev–Trinajstić information content (AvgIpc) is 2.58. The number of rotatable bonds is 7. The molecule has 0 aliphatic heterocycles. The first-order chi connectivity index (χ1) is 11.8. The Balaban J connectivity index is 2.32. The summed E-state index contributed by atoms with van der Waals surface area (Å²) >= 11 is 0. The molecule has 2 rings (SSSR count). The zero-order valence-corrected chi connectivity index (χ0v) is 14.6. The van der Waals surface area contributed by atoms with Crippen molar-refractivity contribution in [2.45, 2.75) is 39.3 Å². The van der Waals surface area contributed by atoms with E-state index in [4.69, 9.17) is 4.74 Å². The number of nitrogens with zero attached hydrogens (tertiary/aromatic N) is 3. The SMILES string of the molecule is CCCCCOc1ncc(C(F)(F)F)c(N(C)c2ccc(C)cc2)n1. The number of halogens is 3. The van der Waals surface area contributed by atoms with Crippen molar-refractivity contribution in [1.29, 1.82) is 0 Å². The van der Waals surface area contributed by atoms with Crippen LogP contribution < -0.4 is 9.64 Å². The Bertz CT molecular complexity index is 687. The van der Waals surface area contributed by atoms with E-state index < -0.39 is 11.7 Å². The second-order valence-corrected chi connectivity index (χ2v) is 5.84. The van der Waals surface area contributed by atoms with Crippen molar-refractivity contribution in [2.24, 2.45) is 0 Å². The van der Waals surface area contributed by atoms with Gasteiger partial charge in [0.05, 0.1) is 6.61 Å². The lowest BCUT2D eigenvalue weighted by Gasteiger charge is -2.22. The van der Waals surface area contributed by atoms with E-state index in [0.717, 1.165) is 31.0 Å². The summed E-state index contributed by atoms with van der Waals surface area (Å²) in [5, 5.41) is 0. The van der Waals surface area contributed by atoms with Gasteiger partial charge in [-0.3, -0.25) is 0 Å². The molecule has 0 N–H and O–H groups in total. The molecule has 0 atom stereocenters. The van der Waals surface area contributed by atoms with Gasteiger partial charge in [0.2, 0.25) is 0 Å². The molecular weight excluding hydrogens is 331 g/mol. The summed E-state index contributed by atoms with van der Waals surface area (Å²) < 4.78 is 45.4. The molecular formula is C18H22F3N3O. The van der Waals surface area contributed by atoms with Crippen molar-refractivity contribution in [1.82, 2.24) is 9.97 Å². The molecule has 0 radical (unpaired) electrons.